The topological polar surface area (TPSA) is 30.5 Å². The highest BCUT2D eigenvalue weighted by Gasteiger charge is 2.19. The summed E-state index contributed by atoms with van der Waals surface area (Å²) in [5, 5.41) is 6.28. The normalized spacial score (nSPS) is 12.2. The van der Waals surface area contributed by atoms with Crippen molar-refractivity contribution in [2.24, 2.45) is 0 Å². The Morgan fingerprint density at radius 3 is 2.62 bits per heavy atom. The van der Waals surface area contributed by atoms with Gasteiger partial charge < -0.3 is 14.8 Å². The van der Waals surface area contributed by atoms with Crippen LogP contribution in [0.15, 0.2) is 29.6 Å². The van der Waals surface area contributed by atoms with Crippen LogP contribution in [-0.2, 0) is 6.42 Å². The van der Waals surface area contributed by atoms with E-state index < -0.39 is 0 Å². The standard InChI is InChI=1S/C16H20ClNO2S/c1-4-18-13(16-15(20-3)7-8-21-16)10-11-9-12(17)5-6-14(11)19-2/h5-9,13,18H,4,10H2,1-3H3. The highest BCUT2D eigenvalue weighted by Crippen LogP contribution is 2.35. The molecule has 0 amide bonds. The number of hydrogen-bond donors (Lipinski definition) is 1. The number of ether oxygens (including phenoxy) is 2. The van der Waals surface area contributed by atoms with Crippen molar-refractivity contribution in [2.45, 2.75) is 19.4 Å². The van der Waals surface area contributed by atoms with Crippen LogP contribution < -0.4 is 14.8 Å². The first-order chi connectivity index (χ1) is 10.2. The molecule has 1 heterocycles. The van der Waals surface area contributed by atoms with Crippen molar-refractivity contribution in [3.8, 4) is 11.5 Å². The van der Waals surface area contributed by atoms with E-state index in [1.165, 1.54) is 4.88 Å². The van der Waals surface area contributed by atoms with Gasteiger partial charge in [0.15, 0.2) is 0 Å². The van der Waals surface area contributed by atoms with Crippen LogP contribution in [0, 0.1) is 0 Å². The van der Waals surface area contributed by atoms with Crippen LogP contribution in [0.5, 0.6) is 11.5 Å². The molecule has 1 unspecified atom stereocenters. The van der Waals surface area contributed by atoms with Crippen LogP contribution in [0.2, 0.25) is 5.02 Å². The summed E-state index contributed by atoms with van der Waals surface area (Å²) in [6.07, 6.45) is 0.800. The number of rotatable bonds is 7. The Labute approximate surface area is 134 Å². The van der Waals surface area contributed by atoms with Gasteiger partial charge in [-0.05, 0) is 48.2 Å². The Kier molecular flexibility index (Phi) is 5.91. The lowest BCUT2D eigenvalue weighted by Gasteiger charge is -2.19. The molecule has 0 saturated heterocycles. The summed E-state index contributed by atoms with van der Waals surface area (Å²) in [5.41, 5.74) is 1.09. The van der Waals surface area contributed by atoms with E-state index in [4.69, 9.17) is 21.1 Å². The van der Waals surface area contributed by atoms with Crippen molar-refractivity contribution >= 4 is 22.9 Å². The lowest BCUT2D eigenvalue weighted by Crippen LogP contribution is -2.22. The lowest BCUT2D eigenvalue weighted by atomic mass is 10.0. The molecule has 1 aromatic carbocycles. The van der Waals surface area contributed by atoms with Gasteiger partial charge in [-0.3, -0.25) is 0 Å². The highest BCUT2D eigenvalue weighted by molar-refractivity contribution is 7.10. The molecule has 0 aliphatic heterocycles. The fraction of sp³-hybridized carbons (Fsp3) is 0.375. The van der Waals surface area contributed by atoms with Crippen molar-refractivity contribution in [2.75, 3.05) is 20.8 Å². The number of thiophene rings is 1. The maximum Gasteiger partial charge on any atom is 0.134 e. The van der Waals surface area contributed by atoms with Gasteiger partial charge in [-0.25, -0.2) is 0 Å². The summed E-state index contributed by atoms with van der Waals surface area (Å²) < 4.78 is 10.9. The molecule has 114 valence electrons. The van der Waals surface area contributed by atoms with Gasteiger partial charge in [0.05, 0.1) is 19.1 Å². The first-order valence-corrected chi connectivity index (χ1v) is 8.12. The molecule has 0 aliphatic rings. The SMILES string of the molecule is CCNC(Cc1cc(Cl)ccc1OC)c1sccc1OC. The van der Waals surface area contributed by atoms with Crippen LogP contribution in [0.25, 0.3) is 0 Å². The molecule has 1 atom stereocenters. The molecule has 0 radical (unpaired) electrons. The Morgan fingerprint density at radius 2 is 1.95 bits per heavy atom. The van der Waals surface area contributed by atoms with Crippen molar-refractivity contribution in [1.29, 1.82) is 0 Å². The lowest BCUT2D eigenvalue weighted by molar-refractivity contribution is 0.396. The van der Waals surface area contributed by atoms with E-state index in [-0.39, 0.29) is 6.04 Å². The summed E-state index contributed by atoms with van der Waals surface area (Å²) in [6, 6.07) is 7.89. The zero-order valence-electron chi connectivity index (χ0n) is 12.5. The first kappa shape index (κ1) is 16.1. The second kappa shape index (κ2) is 7.69. The molecule has 1 aromatic heterocycles. The minimum atomic E-state index is 0.178. The minimum Gasteiger partial charge on any atom is -0.496 e. The molecule has 0 spiro atoms. The smallest absolute Gasteiger partial charge is 0.134 e. The molecule has 3 nitrogen and oxygen atoms in total. The van der Waals surface area contributed by atoms with Gasteiger partial charge in [0, 0.05) is 11.1 Å². The van der Waals surface area contributed by atoms with Gasteiger partial charge in [-0.15, -0.1) is 11.3 Å². The number of likely N-dealkylation sites (N-methyl/N-ethyl adjacent to an activating group) is 1. The maximum atomic E-state index is 6.12. The molecular formula is C16H20ClNO2S. The monoisotopic (exact) mass is 325 g/mol. The van der Waals surface area contributed by atoms with Gasteiger partial charge in [0.2, 0.25) is 0 Å². The number of methoxy groups -OCH3 is 2. The second-order valence-electron chi connectivity index (χ2n) is 4.62. The average Bonchev–Trinajstić information content (AvgIpc) is 2.95. The fourth-order valence-electron chi connectivity index (χ4n) is 2.36. The summed E-state index contributed by atoms with van der Waals surface area (Å²) >= 11 is 7.82. The van der Waals surface area contributed by atoms with E-state index in [1.807, 2.05) is 29.6 Å². The zero-order chi connectivity index (χ0) is 15.2. The summed E-state index contributed by atoms with van der Waals surface area (Å²) in [4.78, 5) is 1.20. The number of hydrogen-bond acceptors (Lipinski definition) is 4. The summed E-state index contributed by atoms with van der Waals surface area (Å²) in [6.45, 7) is 2.98. The van der Waals surface area contributed by atoms with Gasteiger partial charge in [-0.2, -0.15) is 0 Å². The molecule has 0 aliphatic carbocycles. The van der Waals surface area contributed by atoms with E-state index >= 15 is 0 Å². The van der Waals surface area contributed by atoms with Gasteiger partial charge in [0.1, 0.15) is 11.5 Å². The third-order valence-electron chi connectivity index (χ3n) is 3.31. The van der Waals surface area contributed by atoms with Crippen LogP contribution in [0.4, 0.5) is 0 Å². The zero-order valence-corrected chi connectivity index (χ0v) is 14.1. The molecule has 21 heavy (non-hydrogen) atoms. The maximum absolute atomic E-state index is 6.12. The quantitative estimate of drug-likeness (QED) is 0.822. The minimum absolute atomic E-state index is 0.178. The third-order valence-corrected chi connectivity index (χ3v) is 4.56. The van der Waals surface area contributed by atoms with Gasteiger partial charge >= 0.3 is 0 Å². The summed E-state index contributed by atoms with van der Waals surface area (Å²) in [7, 11) is 3.38. The van der Waals surface area contributed by atoms with Crippen molar-refractivity contribution in [1.82, 2.24) is 5.32 Å². The van der Waals surface area contributed by atoms with E-state index in [2.05, 4.69) is 12.2 Å². The second-order valence-corrected chi connectivity index (χ2v) is 6.01. The fourth-order valence-corrected chi connectivity index (χ4v) is 3.49. The highest BCUT2D eigenvalue weighted by atomic mass is 35.5. The molecule has 0 fully saturated rings. The molecule has 0 saturated carbocycles. The molecule has 5 heteroatoms. The van der Waals surface area contributed by atoms with Crippen LogP contribution >= 0.6 is 22.9 Å². The van der Waals surface area contributed by atoms with Crippen LogP contribution in [0.1, 0.15) is 23.4 Å². The van der Waals surface area contributed by atoms with E-state index in [9.17, 15) is 0 Å². The van der Waals surface area contributed by atoms with Gasteiger partial charge in [0.25, 0.3) is 0 Å². The van der Waals surface area contributed by atoms with Crippen molar-refractivity contribution in [3.63, 3.8) is 0 Å². The van der Waals surface area contributed by atoms with E-state index in [1.54, 1.807) is 25.6 Å². The third kappa shape index (κ3) is 3.90. The predicted molar refractivity (Wildman–Crippen MR) is 89.0 cm³/mol. The molecule has 1 N–H and O–H groups in total. The van der Waals surface area contributed by atoms with Crippen molar-refractivity contribution < 1.29 is 9.47 Å². The van der Waals surface area contributed by atoms with Crippen LogP contribution in [0.3, 0.4) is 0 Å². The average molecular weight is 326 g/mol. The Bertz CT molecular complexity index is 585. The number of nitrogens with one attached hydrogen (secondary N) is 1. The Hall–Kier alpha value is -1.23. The number of benzene rings is 1. The van der Waals surface area contributed by atoms with Gasteiger partial charge in [-0.1, -0.05) is 18.5 Å². The van der Waals surface area contributed by atoms with E-state index in [0.29, 0.717) is 0 Å². The molecular weight excluding hydrogens is 306 g/mol. The Balaban J connectivity index is 2.30. The van der Waals surface area contributed by atoms with Crippen LogP contribution in [-0.4, -0.2) is 20.8 Å². The summed E-state index contributed by atoms with van der Waals surface area (Å²) in [5.74, 6) is 1.78. The van der Waals surface area contributed by atoms with Crippen molar-refractivity contribution in [3.05, 3.63) is 45.1 Å². The Morgan fingerprint density at radius 1 is 1.19 bits per heavy atom. The largest absolute Gasteiger partial charge is 0.496 e. The molecule has 2 aromatic rings. The molecule has 0 bridgehead atoms. The number of halogens is 1. The molecule has 2 rings (SSSR count). The first-order valence-electron chi connectivity index (χ1n) is 6.86. The van der Waals surface area contributed by atoms with E-state index in [0.717, 1.165) is 35.1 Å². The predicted octanol–water partition coefficient (Wildman–Crippen LogP) is 4.31.